The van der Waals surface area contributed by atoms with Crippen molar-refractivity contribution in [2.45, 2.75) is 0 Å². The van der Waals surface area contributed by atoms with E-state index in [1.54, 1.807) is 0 Å². The van der Waals surface area contributed by atoms with Crippen LogP contribution < -0.4 is 5.56 Å². The number of benzene rings is 2. The lowest BCUT2D eigenvalue weighted by Crippen LogP contribution is -2.10. The van der Waals surface area contributed by atoms with Gasteiger partial charge in [0.05, 0.1) is 22.0 Å². The Labute approximate surface area is 142 Å². The second kappa shape index (κ2) is 5.44. The van der Waals surface area contributed by atoms with Gasteiger partial charge in [-0.2, -0.15) is 5.26 Å². The van der Waals surface area contributed by atoms with Crippen LogP contribution in [0.2, 0.25) is 0 Å². The topological polar surface area (TPSA) is 72.4 Å². The zero-order chi connectivity index (χ0) is 16.7. The number of rotatable bonds is 1. The van der Waals surface area contributed by atoms with E-state index in [1.165, 1.54) is 0 Å². The largest absolute Gasteiger partial charge is 0.344 e. The molecular formula is C19H11N3OS. The average Bonchev–Trinajstić information content (AvgIpc) is 2.61. The molecule has 2 N–H and O–H groups in total. The van der Waals surface area contributed by atoms with Gasteiger partial charge in [0.2, 0.25) is 0 Å². The zero-order valence-corrected chi connectivity index (χ0v) is 13.3. The van der Waals surface area contributed by atoms with E-state index in [1.807, 2.05) is 54.6 Å². The minimum absolute atomic E-state index is 0.245. The van der Waals surface area contributed by atoms with Crippen LogP contribution in [0.1, 0.15) is 5.56 Å². The Morgan fingerprint density at radius 2 is 1.67 bits per heavy atom. The van der Waals surface area contributed by atoms with Crippen LogP contribution in [-0.2, 0) is 0 Å². The highest BCUT2D eigenvalue weighted by molar-refractivity contribution is 7.71. The number of hydrogen-bond donors (Lipinski definition) is 2. The van der Waals surface area contributed by atoms with Gasteiger partial charge >= 0.3 is 0 Å². The Morgan fingerprint density at radius 3 is 2.42 bits per heavy atom. The van der Waals surface area contributed by atoms with E-state index in [4.69, 9.17) is 12.2 Å². The van der Waals surface area contributed by atoms with Crippen LogP contribution in [0.4, 0.5) is 0 Å². The van der Waals surface area contributed by atoms with E-state index < -0.39 is 0 Å². The van der Waals surface area contributed by atoms with Crippen molar-refractivity contribution in [3.63, 3.8) is 0 Å². The van der Waals surface area contributed by atoms with Gasteiger partial charge in [0.25, 0.3) is 5.56 Å². The molecule has 0 saturated heterocycles. The monoisotopic (exact) mass is 329 g/mol. The highest BCUT2D eigenvalue weighted by Gasteiger charge is 2.17. The third kappa shape index (κ3) is 2.05. The van der Waals surface area contributed by atoms with Crippen molar-refractivity contribution < 1.29 is 0 Å². The number of hydrogen-bond acceptors (Lipinski definition) is 3. The molecule has 0 aliphatic rings. The summed E-state index contributed by atoms with van der Waals surface area (Å²) in [5.41, 5.74) is 2.81. The minimum atomic E-state index is -0.245. The molecule has 0 unspecified atom stereocenters. The fourth-order valence-electron chi connectivity index (χ4n) is 3.03. The summed E-state index contributed by atoms with van der Waals surface area (Å²) >= 11 is 5.38. The third-order valence-corrected chi connectivity index (χ3v) is 4.37. The Bertz CT molecular complexity index is 1250. The van der Waals surface area contributed by atoms with E-state index in [0.29, 0.717) is 26.7 Å². The van der Waals surface area contributed by atoms with Crippen molar-refractivity contribution in [3.8, 4) is 17.2 Å². The summed E-state index contributed by atoms with van der Waals surface area (Å²) in [4.78, 5) is 18.7. The molecule has 0 aliphatic carbocycles. The first-order valence-corrected chi connectivity index (χ1v) is 7.78. The molecule has 0 atom stereocenters. The molecule has 114 valence electrons. The SMILES string of the molecule is N#Cc1c(-c2ccccc2)c2c(=O)[nH]c3ccccc3c2[nH]c1=S. The van der Waals surface area contributed by atoms with Gasteiger partial charge in [0.15, 0.2) is 0 Å². The quantitative estimate of drug-likeness (QED) is 0.404. The minimum Gasteiger partial charge on any atom is -0.344 e. The number of pyridine rings is 2. The number of para-hydroxylation sites is 1. The number of nitriles is 1. The number of nitrogens with zero attached hydrogens (tertiary/aromatic N) is 1. The van der Waals surface area contributed by atoms with Crippen molar-refractivity contribution in [1.29, 1.82) is 5.26 Å². The molecule has 4 aromatic rings. The molecule has 2 heterocycles. The van der Waals surface area contributed by atoms with E-state index >= 15 is 0 Å². The molecule has 0 amide bonds. The van der Waals surface area contributed by atoms with Gasteiger partial charge in [0, 0.05) is 10.9 Å². The summed E-state index contributed by atoms with van der Waals surface area (Å²) in [5, 5.41) is 10.9. The maximum atomic E-state index is 12.7. The average molecular weight is 329 g/mol. The number of nitrogens with one attached hydrogen (secondary N) is 2. The number of aromatic amines is 2. The predicted octanol–water partition coefficient (Wildman–Crippen LogP) is 4.28. The van der Waals surface area contributed by atoms with Gasteiger partial charge in [0.1, 0.15) is 10.7 Å². The Kier molecular flexibility index (Phi) is 3.26. The van der Waals surface area contributed by atoms with Gasteiger partial charge in [-0.25, -0.2) is 0 Å². The van der Waals surface area contributed by atoms with Gasteiger partial charge in [-0.15, -0.1) is 0 Å². The first-order chi connectivity index (χ1) is 11.7. The maximum absolute atomic E-state index is 12.7. The second-order valence-corrected chi connectivity index (χ2v) is 5.84. The smallest absolute Gasteiger partial charge is 0.258 e. The first kappa shape index (κ1) is 14.4. The van der Waals surface area contributed by atoms with Crippen LogP contribution in [0, 0.1) is 16.0 Å². The molecule has 0 aliphatic heterocycles. The van der Waals surface area contributed by atoms with Gasteiger partial charge < -0.3 is 9.97 Å². The van der Waals surface area contributed by atoms with Gasteiger partial charge in [-0.1, -0.05) is 60.7 Å². The summed E-state index contributed by atoms with van der Waals surface area (Å²) in [6.07, 6.45) is 0. The van der Waals surface area contributed by atoms with E-state index in [9.17, 15) is 10.1 Å². The maximum Gasteiger partial charge on any atom is 0.258 e. The summed E-state index contributed by atoms with van der Waals surface area (Å²) in [6.45, 7) is 0. The number of H-pyrrole nitrogens is 2. The van der Waals surface area contributed by atoms with Crippen molar-refractivity contribution >= 4 is 34.0 Å². The molecule has 24 heavy (non-hydrogen) atoms. The first-order valence-electron chi connectivity index (χ1n) is 7.37. The van der Waals surface area contributed by atoms with E-state index in [-0.39, 0.29) is 5.56 Å². The molecule has 2 aromatic heterocycles. The predicted molar refractivity (Wildman–Crippen MR) is 97.4 cm³/mol. The molecule has 4 rings (SSSR count). The van der Waals surface area contributed by atoms with Crippen LogP contribution in [0.3, 0.4) is 0 Å². The second-order valence-electron chi connectivity index (χ2n) is 5.43. The number of fused-ring (bicyclic) bond motifs is 3. The van der Waals surface area contributed by atoms with E-state index in [2.05, 4.69) is 16.0 Å². The summed E-state index contributed by atoms with van der Waals surface area (Å²) in [6, 6.07) is 19.0. The van der Waals surface area contributed by atoms with Gasteiger partial charge in [-0.05, 0) is 11.6 Å². The summed E-state index contributed by atoms with van der Waals surface area (Å²) in [5.74, 6) is 0. The lowest BCUT2D eigenvalue weighted by molar-refractivity contribution is 1.29. The number of aromatic nitrogens is 2. The van der Waals surface area contributed by atoms with Crippen LogP contribution in [-0.4, -0.2) is 9.97 Å². The lowest BCUT2D eigenvalue weighted by atomic mass is 9.96. The molecule has 0 saturated carbocycles. The van der Waals surface area contributed by atoms with Crippen LogP contribution in [0.25, 0.3) is 32.9 Å². The fraction of sp³-hybridized carbons (Fsp3) is 0. The van der Waals surface area contributed by atoms with Crippen molar-refractivity contribution in [1.82, 2.24) is 9.97 Å². The highest BCUT2D eigenvalue weighted by Crippen LogP contribution is 2.32. The Balaban J connectivity index is 2.34. The molecule has 4 nitrogen and oxygen atoms in total. The van der Waals surface area contributed by atoms with Crippen LogP contribution in [0.15, 0.2) is 59.4 Å². The third-order valence-electron chi connectivity index (χ3n) is 4.06. The Morgan fingerprint density at radius 1 is 0.958 bits per heavy atom. The van der Waals surface area contributed by atoms with E-state index in [0.717, 1.165) is 16.5 Å². The highest BCUT2D eigenvalue weighted by atomic mass is 32.1. The molecular weight excluding hydrogens is 318 g/mol. The lowest BCUT2D eigenvalue weighted by Gasteiger charge is -2.11. The molecule has 2 aromatic carbocycles. The molecule has 5 heteroatoms. The summed E-state index contributed by atoms with van der Waals surface area (Å²) < 4.78 is 0.333. The Hall–Kier alpha value is -3.23. The van der Waals surface area contributed by atoms with Crippen molar-refractivity contribution in [3.05, 3.63) is 75.2 Å². The summed E-state index contributed by atoms with van der Waals surface area (Å²) in [7, 11) is 0. The fourth-order valence-corrected chi connectivity index (χ4v) is 3.28. The normalized spacial score (nSPS) is 10.8. The standard InChI is InChI=1S/C19H11N3OS/c20-10-13-15(11-6-2-1-3-7-11)16-17(22-19(13)24)12-8-4-5-9-14(12)21-18(16)23/h1-9H,(H,21,23)(H,22,24). The van der Waals surface area contributed by atoms with Gasteiger partial charge in [-0.3, -0.25) is 4.79 Å². The molecule has 0 spiro atoms. The molecule has 0 fully saturated rings. The van der Waals surface area contributed by atoms with Crippen molar-refractivity contribution in [2.75, 3.05) is 0 Å². The zero-order valence-electron chi connectivity index (χ0n) is 12.5. The molecule has 0 radical (unpaired) electrons. The van der Waals surface area contributed by atoms with Crippen molar-refractivity contribution in [2.24, 2.45) is 0 Å². The van der Waals surface area contributed by atoms with Crippen LogP contribution in [0.5, 0.6) is 0 Å². The van der Waals surface area contributed by atoms with Crippen LogP contribution >= 0.6 is 12.2 Å². The molecule has 0 bridgehead atoms.